The van der Waals surface area contributed by atoms with Gasteiger partial charge in [-0.15, -0.1) is 0 Å². The topological polar surface area (TPSA) is 33.2 Å². The van der Waals surface area contributed by atoms with Crippen molar-refractivity contribution in [1.82, 2.24) is 4.98 Å². The average Bonchev–Trinajstić information content (AvgIpc) is 2.60. The summed E-state index contributed by atoms with van der Waals surface area (Å²) in [5.74, 6) is 1.32. The van der Waals surface area contributed by atoms with E-state index >= 15 is 0 Å². The van der Waals surface area contributed by atoms with Crippen molar-refractivity contribution in [2.45, 2.75) is 13.3 Å². The maximum atomic E-state index is 11.7. The highest BCUT2D eigenvalue weighted by Gasteiger charge is 2.29. The molecule has 3 nitrogen and oxygen atoms in total. The number of hydrogen-bond acceptors (Lipinski definition) is 3. The first-order valence-electron chi connectivity index (χ1n) is 5.03. The van der Waals surface area contributed by atoms with Crippen molar-refractivity contribution in [2.24, 2.45) is 5.92 Å². The third kappa shape index (κ3) is 2.15. The zero-order valence-corrected chi connectivity index (χ0v) is 9.58. The predicted molar refractivity (Wildman–Crippen MR) is 63.3 cm³/mol. The first-order chi connectivity index (χ1) is 7.20. The Bertz CT molecular complexity index is 381. The van der Waals surface area contributed by atoms with Gasteiger partial charge < -0.3 is 4.90 Å². The predicted octanol–water partition coefficient (Wildman–Crippen LogP) is 1.67. The Kier molecular flexibility index (Phi) is 2.95. The Morgan fingerprint density at radius 2 is 2.40 bits per heavy atom. The maximum Gasteiger partial charge on any atom is 0.227 e. The number of thiol groups is 1. The van der Waals surface area contributed by atoms with Crippen molar-refractivity contribution < 1.29 is 4.79 Å². The van der Waals surface area contributed by atoms with Gasteiger partial charge in [0.25, 0.3) is 0 Å². The van der Waals surface area contributed by atoms with E-state index < -0.39 is 0 Å². The van der Waals surface area contributed by atoms with Crippen molar-refractivity contribution in [3.05, 3.63) is 24.0 Å². The summed E-state index contributed by atoms with van der Waals surface area (Å²) >= 11 is 4.24. The maximum absolute atomic E-state index is 11.7. The summed E-state index contributed by atoms with van der Waals surface area (Å²) in [4.78, 5) is 17.6. The van der Waals surface area contributed by atoms with Crippen LogP contribution in [-0.4, -0.2) is 23.2 Å². The standard InChI is InChI=1S/C11H14N2OS/c1-8-2-10(5-12-4-8)13-6-9(7-15)3-11(13)14/h2,4-5,9,15H,3,6-7H2,1H3. The lowest BCUT2D eigenvalue weighted by Crippen LogP contribution is -2.24. The van der Waals surface area contributed by atoms with Crippen molar-refractivity contribution in [1.29, 1.82) is 0 Å². The van der Waals surface area contributed by atoms with Crippen LogP contribution in [0.5, 0.6) is 0 Å². The number of rotatable bonds is 2. The minimum absolute atomic E-state index is 0.182. The van der Waals surface area contributed by atoms with Gasteiger partial charge in [-0.25, -0.2) is 0 Å². The van der Waals surface area contributed by atoms with Gasteiger partial charge in [0, 0.05) is 19.2 Å². The Morgan fingerprint density at radius 3 is 3.00 bits per heavy atom. The molecule has 1 saturated heterocycles. The molecule has 0 N–H and O–H groups in total. The average molecular weight is 222 g/mol. The van der Waals surface area contributed by atoms with E-state index in [2.05, 4.69) is 17.6 Å². The van der Waals surface area contributed by atoms with Crippen molar-refractivity contribution in [2.75, 3.05) is 17.2 Å². The van der Waals surface area contributed by atoms with Gasteiger partial charge in [-0.1, -0.05) is 0 Å². The van der Waals surface area contributed by atoms with E-state index in [0.29, 0.717) is 12.3 Å². The first-order valence-corrected chi connectivity index (χ1v) is 5.67. The highest BCUT2D eigenvalue weighted by molar-refractivity contribution is 7.80. The van der Waals surface area contributed by atoms with E-state index in [1.54, 1.807) is 17.3 Å². The summed E-state index contributed by atoms with van der Waals surface area (Å²) in [5.41, 5.74) is 1.99. The minimum Gasteiger partial charge on any atom is -0.311 e. The van der Waals surface area contributed by atoms with E-state index in [0.717, 1.165) is 23.5 Å². The van der Waals surface area contributed by atoms with Gasteiger partial charge in [0.2, 0.25) is 5.91 Å². The fraction of sp³-hybridized carbons (Fsp3) is 0.455. The van der Waals surface area contributed by atoms with Crippen LogP contribution >= 0.6 is 12.6 Å². The number of pyridine rings is 1. The third-order valence-electron chi connectivity index (χ3n) is 2.64. The molecule has 4 heteroatoms. The van der Waals surface area contributed by atoms with Crippen molar-refractivity contribution >= 4 is 24.2 Å². The quantitative estimate of drug-likeness (QED) is 0.772. The fourth-order valence-electron chi connectivity index (χ4n) is 1.84. The molecule has 0 saturated carbocycles. The van der Waals surface area contributed by atoms with Crippen molar-refractivity contribution in [3.63, 3.8) is 0 Å². The molecule has 0 aliphatic carbocycles. The Labute approximate surface area is 94.9 Å². The Morgan fingerprint density at radius 1 is 1.60 bits per heavy atom. The molecule has 15 heavy (non-hydrogen) atoms. The lowest BCUT2D eigenvalue weighted by atomic mass is 10.1. The van der Waals surface area contributed by atoms with E-state index in [-0.39, 0.29) is 5.91 Å². The summed E-state index contributed by atoms with van der Waals surface area (Å²) < 4.78 is 0. The van der Waals surface area contributed by atoms with Crippen LogP contribution in [0.15, 0.2) is 18.5 Å². The number of amides is 1. The van der Waals surface area contributed by atoms with E-state index in [1.807, 2.05) is 13.0 Å². The van der Waals surface area contributed by atoms with Crippen LogP contribution in [0.1, 0.15) is 12.0 Å². The SMILES string of the molecule is Cc1cncc(N2CC(CS)CC2=O)c1. The molecule has 0 radical (unpaired) electrons. The number of anilines is 1. The molecule has 1 amide bonds. The van der Waals surface area contributed by atoms with Gasteiger partial charge in [-0.05, 0) is 30.2 Å². The molecule has 1 aromatic heterocycles. The molecule has 80 valence electrons. The van der Waals surface area contributed by atoms with Gasteiger partial charge in [-0.2, -0.15) is 12.6 Å². The van der Waals surface area contributed by atoms with Gasteiger partial charge in [-0.3, -0.25) is 9.78 Å². The highest BCUT2D eigenvalue weighted by Crippen LogP contribution is 2.25. The number of aromatic nitrogens is 1. The molecule has 0 bridgehead atoms. The second kappa shape index (κ2) is 4.23. The smallest absolute Gasteiger partial charge is 0.227 e. The van der Waals surface area contributed by atoms with Crippen LogP contribution in [-0.2, 0) is 4.79 Å². The first kappa shape index (κ1) is 10.5. The molecule has 2 heterocycles. The van der Waals surface area contributed by atoms with Gasteiger partial charge in [0.15, 0.2) is 0 Å². The fourth-order valence-corrected chi connectivity index (χ4v) is 2.08. The summed E-state index contributed by atoms with van der Waals surface area (Å²) in [7, 11) is 0. The van der Waals surface area contributed by atoms with Gasteiger partial charge >= 0.3 is 0 Å². The summed E-state index contributed by atoms with van der Waals surface area (Å²) in [6, 6.07) is 1.99. The number of nitrogens with zero attached hydrogens (tertiary/aromatic N) is 2. The molecular weight excluding hydrogens is 208 g/mol. The molecular formula is C11H14N2OS. The van der Waals surface area contributed by atoms with Gasteiger partial charge in [0.05, 0.1) is 11.9 Å². The summed E-state index contributed by atoms with van der Waals surface area (Å²) in [6.45, 7) is 2.75. The van der Waals surface area contributed by atoms with Crippen LogP contribution < -0.4 is 4.90 Å². The number of carbonyl (C=O) groups excluding carboxylic acids is 1. The molecule has 1 aliphatic rings. The van der Waals surface area contributed by atoms with Crippen LogP contribution in [0.4, 0.5) is 5.69 Å². The van der Waals surface area contributed by atoms with E-state index in [4.69, 9.17) is 0 Å². The van der Waals surface area contributed by atoms with Crippen LogP contribution in [0.25, 0.3) is 0 Å². The summed E-state index contributed by atoms with van der Waals surface area (Å²) in [5, 5.41) is 0. The highest BCUT2D eigenvalue weighted by atomic mass is 32.1. The molecule has 2 rings (SSSR count). The Balaban J connectivity index is 2.21. The minimum atomic E-state index is 0.182. The molecule has 0 aromatic carbocycles. The molecule has 1 atom stereocenters. The molecule has 1 aliphatic heterocycles. The summed E-state index contributed by atoms with van der Waals surface area (Å²) in [6.07, 6.45) is 4.14. The second-order valence-electron chi connectivity index (χ2n) is 3.98. The zero-order valence-electron chi connectivity index (χ0n) is 8.68. The third-order valence-corrected chi connectivity index (χ3v) is 3.15. The lowest BCUT2D eigenvalue weighted by molar-refractivity contribution is -0.117. The number of carbonyl (C=O) groups is 1. The largest absolute Gasteiger partial charge is 0.311 e. The van der Waals surface area contributed by atoms with E-state index in [9.17, 15) is 4.79 Å². The van der Waals surface area contributed by atoms with Gasteiger partial charge in [0.1, 0.15) is 0 Å². The zero-order chi connectivity index (χ0) is 10.8. The molecule has 1 unspecified atom stereocenters. The van der Waals surface area contributed by atoms with Crippen molar-refractivity contribution in [3.8, 4) is 0 Å². The van der Waals surface area contributed by atoms with Crippen LogP contribution in [0, 0.1) is 12.8 Å². The number of aryl methyl sites for hydroxylation is 1. The number of hydrogen-bond donors (Lipinski definition) is 1. The molecule has 1 fully saturated rings. The lowest BCUT2D eigenvalue weighted by Gasteiger charge is -2.16. The monoisotopic (exact) mass is 222 g/mol. The Hall–Kier alpha value is -1.03. The molecule has 1 aromatic rings. The molecule has 0 spiro atoms. The van der Waals surface area contributed by atoms with Crippen LogP contribution in [0.3, 0.4) is 0 Å². The normalized spacial score (nSPS) is 21.1. The van der Waals surface area contributed by atoms with Crippen LogP contribution in [0.2, 0.25) is 0 Å². The van der Waals surface area contributed by atoms with E-state index in [1.165, 1.54) is 0 Å². The second-order valence-corrected chi connectivity index (χ2v) is 4.34.